The number of methoxy groups -OCH3 is 5. The molecule has 0 unspecified atom stereocenters. The van der Waals surface area contributed by atoms with Crippen LogP contribution < -0.4 is 18.9 Å². The van der Waals surface area contributed by atoms with E-state index < -0.39 is 0 Å². The van der Waals surface area contributed by atoms with E-state index in [1.165, 1.54) is 11.1 Å². The number of ether oxygens (including phenoxy) is 5. The van der Waals surface area contributed by atoms with Crippen LogP contribution in [0.4, 0.5) is 0 Å². The maximum absolute atomic E-state index is 6.04. The van der Waals surface area contributed by atoms with Crippen LogP contribution >= 0.6 is 0 Å². The Bertz CT molecular complexity index is 882. The van der Waals surface area contributed by atoms with Gasteiger partial charge in [-0.3, -0.25) is 4.90 Å². The van der Waals surface area contributed by atoms with Gasteiger partial charge in [-0.2, -0.15) is 0 Å². The minimum absolute atomic E-state index is 0.110. The topological polar surface area (TPSA) is 49.4 Å². The first-order valence-electron chi connectivity index (χ1n) is 9.42. The van der Waals surface area contributed by atoms with Crippen molar-refractivity contribution in [2.75, 3.05) is 42.1 Å². The minimum atomic E-state index is -0.110. The predicted octanol–water partition coefficient (Wildman–Crippen LogP) is 3.52. The highest BCUT2D eigenvalue weighted by Crippen LogP contribution is 2.51. The van der Waals surface area contributed by atoms with E-state index in [1.54, 1.807) is 35.5 Å². The van der Waals surface area contributed by atoms with Crippen molar-refractivity contribution in [2.45, 2.75) is 25.1 Å². The maximum atomic E-state index is 6.04. The summed E-state index contributed by atoms with van der Waals surface area (Å²) in [6.07, 6.45) is 0.838. The Morgan fingerprint density at radius 3 is 2.18 bits per heavy atom. The summed E-state index contributed by atoms with van der Waals surface area (Å²) in [4.78, 5) is 2.45. The predicted molar refractivity (Wildman–Crippen MR) is 106 cm³/mol. The summed E-state index contributed by atoms with van der Waals surface area (Å²) in [5.41, 5.74) is 4.79. The molecule has 0 amide bonds. The molecule has 28 heavy (non-hydrogen) atoms. The SMILES string of the molecule is COc1cc2c(cc1OC)[C@@H]1[C@@H](OC)c3ccc(OC)c(OC)c3CN1CC2. The quantitative estimate of drug-likeness (QED) is 0.785. The maximum Gasteiger partial charge on any atom is 0.165 e. The standard InChI is InChI=1S/C22H27NO5/c1-24-17-7-6-14-16(21(17)27-4)12-23-9-8-13-10-18(25-2)19(26-3)11-15(13)20(23)22(14)28-5/h6-7,10-11,20,22H,8-9,12H2,1-5H3/t20-,22+/m1/s1. The number of benzene rings is 2. The number of rotatable bonds is 5. The molecule has 2 aliphatic heterocycles. The first-order chi connectivity index (χ1) is 13.7. The van der Waals surface area contributed by atoms with Gasteiger partial charge in [0.25, 0.3) is 0 Å². The van der Waals surface area contributed by atoms with E-state index >= 15 is 0 Å². The lowest BCUT2D eigenvalue weighted by atomic mass is 9.81. The van der Waals surface area contributed by atoms with Gasteiger partial charge in [-0.05, 0) is 41.3 Å². The second kappa shape index (κ2) is 7.53. The van der Waals surface area contributed by atoms with Gasteiger partial charge in [-0.15, -0.1) is 0 Å². The van der Waals surface area contributed by atoms with Gasteiger partial charge in [-0.1, -0.05) is 6.07 Å². The van der Waals surface area contributed by atoms with Crippen LogP contribution in [-0.4, -0.2) is 47.0 Å². The first kappa shape index (κ1) is 18.9. The Morgan fingerprint density at radius 1 is 0.821 bits per heavy atom. The van der Waals surface area contributed by atoms with Crippen molar-refractivity contribution in [1.29, 1.82) is 0 Å². The molecule has 2 aromatic rings. The molecule has 0 aliphatic carbocycles. The monoisotopic (exact) mass is 385 g/mol. The molecule has 2 aliphatic rings. The van der Waals surface area contributed by atoms with Crippen LogP contribution in [0.1, 0.15) is 34.4 Å². The molecule has 0 spiro atoms. The summed E-state index contributed by atoms with van der Waals surface area (Å²) in [5, 5.41) is 0. The van der Waals surface area contributed by atoms with Crippen LogP contribution in [0.25, 0.3) is 0 Å². The Balaban J connectivity index is 1.86. The van der Waals surface area contributed by atoms with E-state index in [4.69, 9.17) is 23.7 Å². The molecule has 0 saturated carbocycles. The number of hydrogen-bond donors (Lipinski definition) is 0. The van der Waals surface area contributed by atoms with E-state index in [-0.39, 0.29) is 12.1 Å². The highest BCUT2D eigenvalue weighted by Gasteiger charge is 2.41. The fourth-order valence-electron chi connectivity index (χ4n) is 4.63. The molecule has 0 aromatic heterocycles. The van der Waals surface area contributed by atoms with Crippen molar-refractivity contribution >= 4 is 0 Å². The second-order valence-corrected chi connectivity index (χ2v) is 7.10. The van der Waals surface area contributed by atoms with E-state index in [2.05, 4.69) is 23.1 Å². The highest BCUT2D eigenvalue weighted by atomic mass is 16.5. The molecule has 2 heterocycles. The summed E-state index contributed by atoms with van der Waals surface area (Å²) < 4.78 is 28.3. The van der Waals surface area contributed by atoms with Gasteiger partial charge < -0.3 is 23.7 Å². The van der Waals surface area contributed by atoms with Crippen molar-refractivity contribution in [3.63, 3.8) is 0 Å². The fraction of sp³-hybridized carbons (Fsp3) is 0.455. The molecular formula is C22H27NO5. The summed E-state index contributed by atoms with van der Waals surface area (Å²) in [6, 6.07) is 8.36. The summed E-state index contributed by atoms with van der Waals surface area (Å²) in [5.74, 6) is 3.05. The lowest BCUT2D eigenvalue weighted by Gasteiger charge is -2.45. The van der Waals surface area contributed by atoms with Gasteiger partial charge in [0.2, 0.25) is 0 Å². The lowest BCUT2D eigenvalue weighted by Crippen LogP contribution is -2.42. The van der Waals surface area contributed by atoms with E-state index in [0.29, 0.717) is 0 Å². The van der Waals surface area contributed by atoms with Crippen molar-refractivity contribution in [2.24, 2.45) is 0 Å². The van der Waals surface area contributed by atoms with Crippen molar-refractivity contribution in [3.8, 4) is 23.0 Å². The zero-order valence-electron chi connectivity index (χ0n) is 17.1. The highest BCUT2D eigenvalue weighted by molar-refractivity contribution is 5.55. The van der Waals surface area contributed by atoms with Crippen molar-refractivity contribution in [3.05, 3.63) is 46.5 Å². The van der Waals surface area contributed by atoms with Crippen LogP contribution in [0.5, 0.6) is 23.0 Å². The average Bonchev–Trinajstić information content (AvgIpc) is 2.75. The average molecular weight is 385 g/mol. The van der Waals surface area contributed by atoms with E-state index in [9.17, 15) is 0 Å². The third-order valence-corrected chi connectivity index (χ3v) is 5.92. The molecule has 4 rings (SSSR count). The van der Waals surface area contributed by atoms with Crippen LogP contribution in [-0.2, 0) is 17.7 Å². The molecule has 6 heteroatoms. The zero-order chi connectivity index (χ0) is 19.8. The fourth-order valence-corrected chi connectivity index (χ4v) is 4.63. The molecule has 0 fully saturated rings. The molecule has 150 valence electrons. The van der Waals surface area contributed by atoms with E-state index in [0.717, 1.165) is 53.6 Å². The van der Waals surface area contributed by atoms with Crippen molar-refractivity contribution < 1.29 is 23.7 Å². The van der Waals surface area contributed by atoms with Crippen molar-refractivity contribution in [1.82, 2.24) is 4.90 Å². The Morgan fingerprint density at radius 2 is 1.54 bits per heavy atom. The van der Waals surface area contributed by atoms with Gasteiger partial charge in [-0.25, -0.2) is 0 Å². The third-order valence-electron chi connectivity index (χ3n) is 5.92. The van der Waals surface area contributed by atoms with Gasteiger partial charge in [0.15, 0.2) is 23.0 Å². The Labute approximate surface area is 165 Å². The number of hydrogen-bond acceptors (Lipinski definition) is 6. The van der Waals surface area contributed by atoms with Crippen LogP contribution in [0.15, 0.2) is 24.3 Å². The molecule has 0 radical (unpaired) electrons. The van der Waals surface area contributed by atoms with Gasteiger partial charge >= 0.3 is 0 Å². The smallest absolute Gasteiger partial charge is 0.165 e. The largest absolute Gasteiger partial charge is 0.493 e. The van der Waals surface area contributed by atoms with Crippen LogP contribution in [0.3, 0.4) is 0 Å². The Hall–Kier alpha value is -2.44. The molecule has 0 bridgehead atoms. The van der Waals surface area contributed by atoms with Crippen LogP contribution in [0, 0.1) is 0 Å². The van der Waals surface area contributed by atoms with E-state index in [1.807, 2.05) is 6.07 Å². The Kier molecular flexibility index (Phi) is 5.08. The van der Waals surface area contributed by atoms with Crippen LogP contribution in [0.2, 0.25) is 0 Å². The normalized spacial score (nSPS) is 20.6. The summed E-state index contributed by atoms with van der Waals surface area (Å²) in [6.45, 7) is 1.72. The van der Waals surface area contributed by atoms with Gasteiger partial charge in [0.05, 0.1) is 34.5 Å². The molecule has 6 nitrogen and oxygen atoms in total. The summed E-state index contributed by atoms with van der Waals surface area (Å²) >= 11 is 0. The van der Waals surface area contributed by atoms with Gasteiger partial charge in [0, 0.05) is 25.8 Å². The molecular weight excluding hydrogens is 358 g/mol. The molecule has 0 N–H and O–H groups in total. The van der Waals surface area contributed by atoms with Gasteiger partial charge in [0.1, 0.15) is 6.10 Å². The molecule has 2 atom stereocenters. The first-order valence-corrected chi connectivity index (χ1v) is 9.42. The molecule has 2 aromatic carbocycles. The minimum Gasteiger partial charge on any atom is -0.493 e. The summed E-state index contributed by atoms with van der Waals surface area (Å²) in [7, 11) is 8.47. The third kappa shape index (κ3) is 2.79. The number of fused-ring (bicyclic) bond motifs is 4. The lowest BCUT2D eigenvalue weighted by molar-refractivity contribution is -0.0114. The second-order valence-electron chi connectivity index (χ2n) is 7.10. The molecule has 0 saturated heterocycles. The number of nitrogens with zero attached hydrogens (tertiary/aromatic N) is 1. The zero-order valence-corrected chi connectivity index (χ0v) is 17.1.